The number of hydrogen-bond donors (Lipinski definition) is 2. The van der Waals surface area contributed by atoms with E-state index in [1.54, 1.807) is 31.2 Å². The number of nitrogens with one attached hydrogen (secondary N) is 1. The van der Waals surface area contributed by atoms with Gasteiger partial charge in [-0.25, -0.2) is 14.8 Å². The molecule has 0 aliphatic carbocycles. The van der Waals surface area contributed by atoms with E-state index in [0.29, 0.717) is 36.0 Å². The van der Waals surface area contributed by atoms with Gasteiger partial charge in [-0.3, -0.25) is 0 Å². The van der Waals surface area contributed by atoms with Gasteiger partial charge in [-0.15, -0.1) is 0 Å². The summed E-state index contributed by atoms with van der Waals surface area (Å²) in [4.78, 5) is 22.5. The van der Waals surface area contributed by atoms with Crippen molar-refractivity contribution >= 4 is 34.7 Å². The van der Waals surface area contributed by atoms with E-state index in [-0.39, 0.29) is 5.97 Å². The van der Waals surface area contributed by atoms with Crippen molar-refractivity contribution in [3.05, 3.63) is 66.0 Å². The number of benzene rings is 2. The second kappa shape index (κ2) is 9.05. The van der Waals surface area contributed by atoms with E-state index in [2.05, 4.69) is 21.4 Å². The van der Waals surface area contributed by atoms with Gasteiger partial charge >= 0.3 is 5.97 Å². The van der Waals surface area contributed by atoms with Crippen LogP contribution in [-0.4, -0.2) is 29.1 Å². The highest BCUT2D eigenvalue weighted by Gasteiger charge is 2.16. The van der Waals surface area contributed by atoms with Gasteiger partial charge in [-0.1, -0.05) is 12.1 Å². The highest BCUT2D eigenvalue weighted by atomic mass is 16.5. The Kier molecular flexibility index (Phi) is 6.29. The van der Waals surface area contributed by atoms with E-state index in [4.69, 9.17) is 10.5 Å². The molecule has 1 aromatic heterocycles. The molecule has 0 aliphatic rings. The number of anilines is 5. The first-order chi connectivity index (χ1) is 14.0. The van der Waals surface area contributed by atoms with Crippen LogP contribution in [0.25, 0.3) is 0 Å². The molecule has 0 atom stereocenters. The zero-order valence-electron chi connectivity index (χ0n) is 16.8. The Hall–Kier alpha value is -3.61. The Bertz CT molecular complexity index is 989. The Morgan fingerprint density at radius 3 is 2.55 bits per heavy atom. The minimum Gasteiger partial charge on any atom is -0.462 e. The van der Waals surface area contributed by atoms with Crippen LogP contribution in [0.1, 0.15) is 29.8 Å². The van der Waals surface area contributed by atoms with Crippen LogP contribution in [0.2, 0.25) is 0 Å². The molecule has 3 rings (SSSR count). The van der Waals surface area contributed by atoms with Gasteiger partial charge in [0, 0.05) is 17.9 Å². The van der Waals surface area contributed by atoms with Crippen molar-refractivity contribution in [2.24, 2.45) is 0 Å². The summed E-state index contributed by atoms with van der Waals surface area (Å²) in [6.07, 6.45) is 1.49. The first-order valence-corrected chi connectivity index (χ1v) is 9.52. The lowest BCUT2D eigenvalue weighted by Crippen LogP contribution is -2.20. The van der Waals surface area contributed by atoms with Gasteiger partial charge in [0.2, 0.25) is 0 Å². The lowest BCUT2D eigenvalue weighted by atomic mass is 10.2. The number of nitrogen functional groups attached to an aromatic ring is 1. The van der Waals surface area contributed by atoms with Crippen molar-refractivity contribution in [3.8, 4) is 0 Å². The second-order valence-electron chi connectivity index (χ2n) is 6.47. The van der Waals surface area contributed by atoms with Gasteiger partial charge in [0.05, 0.1) is 12.2 Å². The number of nitrogens with zero attached hydrogens (tertiary/aromatic N) is 3. The number of hydrogen-bond acceptors (Lipinski definition) is 7. The van der Waals surface area contributed by atoms with Crippen LogP contribution in [0.5, 0.6) is 0 Å². The summed E-state index contributed by atoms with van der Waals surface area (Å²) in [7, 11) is 0. The molecular weight excluding hydrogens is 366 g/mol. The van der Waals surface area contributed by atoms with Crippen molar-refractivity contribution in [1.82, 2.24) is 9.97 Å². The maximum atomic E-state index is 11.8. The van der Waals surface area contributed by atoms with Gasteiger partial charge in [-0.05, 0) is 62.7 Å². The van der Waals surface area contributed by atoms with Gasteiger partial charge in [0.1, 0.15) is 12.0 Å². The van der Waals surface area contributed by atoms with E-state index in [0.717, 1.165) is 16.9 Å². The van der Waals surface area contributed by atoms with Gasteiger partial charge in [-0.2, -0.15) is 0 Å². The van der Waals surface area contributed by atoms with Crippen LogP contribution in [0, 0.1) is 6.92 Å². The van der Waals surface area contributed by atoms with Crippen LogP contribution in [-0.2, 0) is 4.74 Å². The fourth-order valence-corrected chi connectivity index (χ4v) is 2.99. The number of carbonyl (C=O) groups excluding carboxylic acids is 1. The third-order valence-electron chi connectivity index (χ3n) is 4.41. The molecule has 2 aromatic carbocycles. The molecule has 1 heterocycles. The molecule has 0 aliphatic heterocycles. The molecule has 0 unspecified atom stereocenters. The zero-order valence-corrected chi connectivity index (χ0v) is 16.8. The van der Waals surface area contributed by atoms with Crippen LogP contribution in [0.3, 0.4) is 0 Å². The molecule has 150 valence electrons. The fourth-order valence-electron chi connectivity index (χ4n) is 2.99. The highest BCUT2D eigenvalue weighted by Crippen LogP contribution is 2.33. The van der Waals surface area contributed by atoms with E-state index in [9.17, 15) is 4.79 Å². The molecule has 0 bridgehead atoms. The van der Waals surface area contributed by atoms with Crippen molar-refractivity contribution in [2.45, 2.75) is 20.8 Å². The predicted molar refractivity (Wildman–Crippen MR) is 116 cm³/mol. The minimum absolute atomic E-state index is 0.341. The van der Waals surface area contributed by atoms with Crippen molar-refractivity contribution in [1.29, 1.82) is 0 Å². The smallest absolute Gasteiger partial charge is 0.338 e. The summed E-state index contributed by atoms with van der Waals surface area (Å²) in [5.74, 6) is 0.795. The predicted octanol–water partition coefficient (Wildman–Crippen LogP) is 4.45. The number of ether oxygens (including phenoxy) is 1. The Balaban J connectivity index is 1.86. The summed E-state index contributed by atoms with van der Waals surface area (Å²) < 4.78 is 5.00. The summed E-state index contributed by atoms with van der Waals surface area (Å²) in [6, 6.07) is 15.1. The largest absolute Gasteiger partial charge is 0.462 e. The lowest BCUT2D eigenvalue weighted by molar-refractivity contribution is 0.0526. The molecule has 0 saturated heterocycles. The molecule has 3 N–H and O–H groups in total. The number of rotatable bonds is 7. The maximum absolute atomic E-state index is 11.8. The van der Waals surface area contributed by atoms with Crippen LogP contribution >= 0.6 is 0 Å². The molecule has 0 saturated carbocycles. The lowest BCUT2D eigenvalue weighted by Gasteiger charge is -2.24. The number of aryl methyl sites for hydroxylation is 1. The van der Waals surface area contributed by atoms with E-state index >= 15 is 0 Å². The first-order valence-electron chi connectivity index (χ1n) is 9.52. The Morgan fingerprint density at radius 1 is 1.14 bits per heavy atom. The zero-order chi connectivity index (χ0) is 20.8. The van der Waals surface area contributed by atoms with E-state index in [1.807, 2.05) is 36.9 Å². The summed E-state index contributed by atoms with van der Waals surface area (Å²) in [5.41, 5.74) is 10.3. The number of aromatic nitrogens is 2. The molecule has 0 fully saturated rings. The molecule has 0 radical (unpaired) electrons. The summed E-state index contributed by atoms with van der Waals surface area (Å²) in [6.45, 7) is 6.92. The Labute approximate surface area is 170 Å². The standard InChI is InChI=1S/C22H25N5O2/c1-4-27(18-8-6-7-15(3)13-18)21-19(23)20(24-14-25-21)26-17-11-9-16(10-12-17)22(28)29-5-2/h6-14H,4-5,23H2,1-3H3,(H,24,25,26). The molecule has 0 spiro atoms. The summed E-state index contributed by atoms with van der Waals surface area (Å²) >= 11 is 0. The van der Waals surface area contributed by atoms with Crippen molar-refractivity contribution in [2.75, 3.05) is 29.1 Å². The average molecular weight is 391 g/mol. The first kappa shape index (κ1) is 20.1. The van der Waals surface area contributed by atoms with Crippen LogP contribution in [0.4, 0.5) is 28.7 Å². The molecule has 7 nitrogen and oxygen atoms in total. The van der Waals surface area contributed by atoms with Gasteiger partial charge in [0.15, 0.2) is 11.6 Å². The fraction of sp³-hybridized carbons (Fsp3) is 0.227. The third-order valence-corrected chi connectivity index (χ3v) is 4.41. The maximum Gasteiger partial charge on any atom is 0.338 e. The van der Waals surface area contributed by atoms with Crippen LogP contribution < -0.4 is 16.0 Å². The molecule has 0 amide bonds. The molecular formula is C22H25N5O2. The highest BCUT2D eigenvalue weighted by molar-refractivity contribution is 5.90. The SMILES string of the molecule is CCOC(=O)c1ccc(Nc2ncnc(N(CC)c3cccc(C)c3)c2N)cc1. The third kappa shape index (κ3) is 4.63. The summed E-state index contributed by atoms with van der Waals surface area (Å²) in [5, 5.41) is 3.20. The minimum atomic E-state index is -0.348. The molecule has 7 heteroatoms. The number of carbonyl (C=O) groups is 1. The topological polar surface area (TPSA) is 93.4 Å². The van der Waals surface area contributed by atoms with Gasteiger partial charge in [0.25, 0.3) is 0 Å². The van der Waals surface area contributed by atoms with Crippen LogP contribution in [0.15, 0.2) is 54.9 Å². The normalized spacial score (nSPS) is 10.4. The van der Waals surface area contributed by atoms with Crippen molar-refractivity contribution in [3.63, 3.8) is 0 Å². The second-order valence-corrected chi connectivity index (χ2v) is 6.47. The average Bonchev–Trinajstić information content (AvgIpc) is 2.72. The quantitative estimate of drug-likeness (QED) is 0.575. The van der Waals surface area contributed by atoms with Crippen molar-refractivity contribution < 1.29 is 9.53 Å². The molecule has 3 aromatic rings. The van der Waals surface area contributed by atoms with Gasteiger partial charge < -0.3 is 20.7 Å². The van der Waals surface area contributed by atoms with E-state index < -0.39 is 0 Å². The molecule has 29 heavy (non-hydrogen) atoms. The number of nitrogens with two attached hydrogens (primary N) is 1. The van der Waals surface area contributed by atoms with E-state index in [1.165, 1.54) is 6.33 Å². The monoisotopic (exact) mass is 391 g/mol. The number of esters is 1. The Morgan fingerprint density at radius 2 is 1.90 bits per heavy atom.